The molecular formula is C13H22O4. The Morgan fingerprint density at radius 1 is 1.41 bits per heavy atom. The van der Waals surface area contributed by atoms with Crippen molar-refractivity contribution in [3.63, 3.8) is 0 Å². The Kier molecular flexibility index (Phi) is 4.31. The summed E-state index contributed by atoms with van der Waals surface area (Å²) in [6.07, 6.45) is 1.81. The molecule has 4 nitrogen and oxygen atoms in total. The number of hydrogen-bond donors (Lipinski definition) is 2. The number of aliphatic hydroxyl groups excluding tert-OH is 1. The van der Waals surface area contributed by atoms with Gasteiger partial charge in [-0.15, -0.1) is 0 Å². The molecule has 0 aromatic rings. The maximum atomic E-state index is 11.3. The van der Waals surface area contributed by atoms with Crippen LogP contribution in [0.5, 0.6) is 0 Å². The molecule has 3 unspecified atom stereocenters. The van der Waals surface area contributed by atoms with Crippen LogP contribution in [0.25, 0.3) is 0 Å². The summed E-state index contributed by atoms with van der Waals surface area (Å²) >= 11 is 0. The van der Waals surface area contributed by atoms with Gasteiger partial charge in [0.2, 0.25) is 5.78 Å². The van der Waals surface area contributed by atoms with E-state index in [0.29, 0.717) is 12.3 Å². The van der Waals surface area contributed by atoms with E-state index in [1.54, 1.807) is 0 Å². The molecule has 1 aliphatic rings. The van der Waals surface area contributed by atoms with E-state index in [1.165, 1.54) is 0 Å². The second kappa shape index (κ2) is 5.17. The van der Waals surface area contributed by atoms with E-state index in [-0.39, 0.29) is 17.8 Å². The van der Waals surface area contributed by atoms with E-state index < -0.39 is 17.9 Å². The van der Waals surface area contributed by atoms with Gasteiger partial charge in [-0.2, -0.15) is 0 Å². The second-order valence-corrected chi connectivity index (χ2v) is 5.93. The Bertz CT molecular complexity index is 311. The Morgan fingerprint density at radius 3 is 2.41 bits per heavy atom. The molecule has 0 saturated heterocycles. The van der Waals surface area contributed by atoms with Gasteiger partial charge in [0.1, 0.15) is 0 Å². The van der Waals surface area contributed by atoms with Crippen LogP contribution in [0.4, 0.5) is 0 Å². The second-order valence-electron chi connectivity index (χ2n) is 5.93. The Labute approximate surface area is 102 Å². The summed E-state index contributed by atoms with van der Waals surface area (Å²) in [6.45, 7) is 6.06. The third kappa shape index (κ3) is 3.53. The Morgan fingerprint density at radius 2 is 2.00 bits per heavy atom. The van der Waals surface area contributed by atoms with Crippen LogP contribution in [-0.2, 0) is 9.59 Å². The van der Waals surface area contributed by atoms with Crippen LogP contribution >= 0.6 is 0 Å². The van der Waals surface area contributed by atoms with Crippen molar-refractivity contribution in [3.05, 3.63) is 0 Å². The standard InChI is InChI=1S/C13H22O4/c1-8(2)9-4-5-13(3,6-10(9)14)7-11(15)12(16)17/h8-10,14H,4-7H2,1-3H3,(H,16,17). The fraction of sp³-hybridized carbons (Fsp3) is 0.846. The summed E-state index contributed by atoms with van der Waals surface area (Å²) in [4.78, 5) is 21.8. The van der Waals surface area contributed by atoms with Crippen LogP contribution in [0.1, 0.15) is 46.5 Å². The van der Waals surface area contributed by atoms with Gasteiger partial charge < -0.3 is 10.2 Å². The minimum Gasteiger partial charge on any atom is -0.476 e. The van der Waals surface area contributed by atoms with Crippen molar-refractivity contribution in [1.29, 1.82) is 0 Å². The highest BCUT2D eigenvalue weighted by Crippen LogP contribution is 2.43. The number of aliphatic hydroxyl groups is 1. The normalized spacial score (nSPS) is 33.7. The van der Waals surface area contributed by atoms with Crippen molar-refractivity contribution in [2.45, 2.75) is 52.6 Å². The fourth-order valence-electron chi connectivity index (χ4n) is 2.87. The Hall–Kier alpha value is -0.900. The number of ketones is 1. The molecule has 0 spiro atoms. The zero-order valence-electron chi connectivity index (χ0n) is 10.8. The lowest BCUT2D eigenvalue weighted by molar-refractivity contribution is -0.151. The molecule has 0 aromatic heterocycles. The van der Waals surface area contributed by atoms with Gasteiger partial charge in [-0.1, -0.05) is 20.8 Å². The van der Waals surface area contributed by atoms with Gasteiger partial charge in [-0.3, -0.25) is 4.79 Å². The highest BCUT2D eigenvalue weighted by molar-refractivity contribution is 6.32. The first-order valence-corrected chi connectivity index (χ1v) is 6.19. The summed E-state index contributed by atoms with van der Waals surface area (Å²) in [5, 5.41) is 18.7. The first kappa shape index (κ1) is 14.2. The molecule has 4 heteroatoms. The third-order valence-electron chi connectivity index (χ3n) is 3.96. The first-order valence-electron chi connectivity index (χ1n) is 6.19. The van der Waals surface area contributed by atoms with E-state index in [1.807, 2.05) is 6.92 Å². The van der Waals surface area contributed by atoms with Crippen molar-refractivity contribution in [1.82, 2.24) is 0 Å². The molecule has 0 heterocycles. The monoisotopic (exact) mass is 242 g/mol. The molecule has 0 radical (unpaired) electrons. The minimum atomic E-state index is -1.37. The lowest BCUT2D eigenvalue weighted by Crippen LogP contribution is -2.39. The summed E-state index contributed by atoms with van der Waals surface area (Å²) < 4.78 is 0. The molecule has 1 fully saturated rings. The van der Waals surface area contributed by atoms with Crippen LogP contribution in [0.15, 0.2) is 0 Å². The van der Waals surface area contributed by atoms with Crippen molar-refractivity contribution in [2.75, 3.05) is 0 Å². The molecule has 1 aliphatic carbocycles. The maximum Gasteiger partial charge on any atom is 0.372 e. The van der Waals surface area contributed by atoms with Crippen molar-refractivity contribution in [3.8, 4) is 0 Å². The van der Waals surface area contributed by atoms with E-state index in [2.05, 4.69) is 13.8 Å². The molecule has 0 aliphatic heterocycles. The highest BCUT2D eigenvalue weighted by Gasteiger charge is 2.40. The molecule has 1 rings (SSSR count). The minimum absolute atomic E-state index is 0.0320. The lowest BCUT2D eigenvalue weighted by Gasteiger charge is -2.41. The number of carboxylic acid groups (broad SMARTS) is 1. The average molecular weight is 242 g/mol. The van der Waals surface area contributed by atoms with Crippen LogP contribution < -0.4 is 0 Å². The van der Waals surface area contributed by atoms with Gasteiger partial charge >= 0.3 is 5.97 Å². The predicted molar refractivity (Wildman–Crippen MR) is 63.6 cm³/mol. The number of carbonyl (C=O) groups is 2. The summed E-state index contributed by atoms with van der Waals surface area (Å²) in [6, 6.07) is 0. The molecule has 0 bridgehead atoms. The largest absolute Gasteiger partial charge is 0.476 e. The molecule has 17 heavy (non-hydrogen) atoms. The van der Waals surface area contributed by atoms with E-state index >= 15 is 0 Å². The maximum absolute atomic E-state index is 11.3. The number of carbonyl (C=O) groups excluding carboxylic acids is 1. The number of carboxylic acids is 1. The lowest BCUT2D eigenvalue weighted by atomic mass is 9.65. The number of rotatable bonds is 4. The topological polar surface area (TPSA) is 74.6 Å². The average Bonchev–Trinajstić information content (AvgIpc) is 2.15. The quantitative estimate of drug-likeness (QED) is 0.738. The van der Waals surface area contributed by atoms with Gasteiger partial charge in [-0.05, 0) is 36.5 Å². The van der Waals surface area contributed by atoms with Gasteiger partial charge in [-0.25, -0.2) is 4.79 Å². The van der Waals surface area contributed by atoms with Crippen molar-refractivity contribution in [2.24, 2.45) is 17.3 Å². The van der Waals surface area contributed by atoms with Crippen LogP contribution in [0.3, 0.4) is 0 Å². The number of Topliss-reactive ketones (excluding diaryl/α,β-unsaturated/α-hetero) is 1. The molecule has 3 atom stereocenters. The zero-order chi connectivity index (χ0) is 13.2. The summed E-state index contributed by atoms with van der Waals surface area (Å²) in [5.41, 5.74) is -0.361. The smallest absolute Gasteiger partial charge is 0.372 e. The first-order chi connectivity index (χ1) is 7.75. The van der Waals surface area contributed by atoms with Crippen LogP contribution in [0, 0.1) is 17.3 Å². The zero-order valence-corrected chi connectivity index (χ0v) is 10.8. The van der Waals surface area contributed by atoms with Crippen LogP contribution in [0.2, 0.25) is 0 Å². The van der Waals surface area contributed by atoms with Crippen molar-refractivity contribution >= 4 is 11.8 Å². The summed E-state index contributed by atoms with van der Waals surface area (Å²) in [7, 11) is 0. The molecular weight excluding hydrogens is 220 g/mol. The van der Waals surface area contributed by atoms with Gasteiger partial charge in [0.25, 0.3) is 0 Å². The SMILES string of the molecule is CC(C)C1CCC(C)(CC(=O)C(=O)O)CC1O. The van der Waals surface area contributed by atoms with E-state index in [0.717, 1.165) is 12.8 Å². The highest BCUT2D eigenvalue weighted by atomic mass is 16.4. The summed E-state index contributed by atoms with van der Waals surface area (Å²) in [5.74, 6) is -1.43. The molecule has 0 amide bonds. The predicted octanol–water partition coefficient (Wildman–Crippen LogP) is 1.85. The molecule has 2 N–H and O–H groups in total. The third-order valence-corrected chi connectivity index (χ3v) is 3.96. The number of hydrogen-bond acceptors (Lipinski definition) is 3. The van der Waals surface area contributed by atoms with E-state index in [9.17, 15) is 14.7 Å². The van der Waals surface area contributed by atoms with Crippen LogP contribution in [-0.4, -0.2) is 28.1 Å². The Balaban J connectivity index is 2.63. The fourth-order valence-corrected chi connectivity index (χ4v) is 2.87. The van der Waals surface area contributed by atoms with Gasteiger partial charge in [0, 0.05) is 6.42 Å². The number of aliphatic carboxylic acids is 1. The molecule has 0 aromatic carbocycles. The molecule has 1 saturated carbocycles. The molecule has 98 valence electrons. The van der Waals surface area contributed by atoms with E-state index in [4.69, 9.17) is 5.11 Å². The van der Waals surface area contributed by atoms with Crippen molar-refractivity contribution < 1.29 is 19.8 Å². The van der Waals surface area contributed by atoms with Gasteiger partial charge in [0.15, 0.2) is 0 Å². The van der Waals surface area contributed by atoms with Gasteiger partial charge in [0.05, 0.1) is 6.10 Å².